The van der Waals surface area contributed by atoms with Crippen LogP contribution < -0.4 is 11.1 Å². The molecule has 0 aliphatic heterocycles. The number of thiocarbonyl (C=S) groups is 1. The van der Waals surface area contributed by atoms with Gasteiger partial charge in [0.05, 0.1) is 0 Å². The Morgan fingerprint density at radius 2 is 2.06 bits per heavy atom. The van der Waals surface area contributed by atoms with Gasteiger partial charge in [0.15, 0.2) is 0 Å². The molecule has 0 heterocycles. The standard InChI is InChI=1S/C15H22N2S/c1-11-7-8-13(15(16)18)14(9-11)17-10-12-5-3-2-4-6-12/h7-9,12,17H,2-6,10H2,1H3,(H2,16,18). The van der Waals surface area contributed by atoms with Crippen LogP contribution in [0, 0.1) is 12.8 Å². The van der Waals surface area contributed by atoms with E-state index in [1.54, 1.807) is 0 Å². The van der Waals surface area contributed by atoms with Gasteiger partial charge in [-0.05, 0) is 43.4 Å². The highest BCUT2D eigenvalue weighted by molar-refractivity contribution is 7.80. The number of anilines is 1. The lowest BCUT2D eigenvalue weighted by molar-refractivity contribution is 0.373. The van der Waals surface area contributed by atoms with Crippen molar-refractivity contribution in [2.45, 2.75) is 39.0 Å². The summed E-state index contributed by atoms with van der Waals surface area (Å²) in [5.74, 6) is 0.804. The quantitative estimate of drug-likeness (QED) is 0.814. The van der Waals surface area contributed by atoms with E-state index in [0.29, 0.717) is 4.99 Å². The van der Waals surface area contributed by atoms with Gasteiger partial charge in [-0.15, -0.1) is 0 Å². The number of aryl methyl sites for hydroxylation is 1. The van der Waals surface area contributed by atoms with E-state index in [2.05, 4.69) is 24.4 Å². The largest absolute Gasteiger partial charge is 0.389 e. The Morgan fingerprint density at radius 3 is 2.72 bits per heavy atom. The van der Waals surface area contributed by atoms with Gasteiger partial charge in [0.1, 0.15) is 4.99 Å². The van der Waals surface area contributed by atoms with Crippen LogP contribution >= 0.6 is 12.2 Å². The van der Waals surface area contributed by atoms with Crippen molar-refractivity contribution >= 4 is 22.9 Å². The molecule has 0 atom stereocenters. The molecule has 1 saturated carbocycles. The van der Waals surface area contributed by atoms with Crippen LogP contribution in [-0.4, -0.2) is 11.5 Å². The maximum atomic E-state index is 5.76. The molecule has 3 heteroatoms. The van der Waals surface area contributed by atoms with Gasteiger partial charge in [-0.3, -0.25) is 0 Å². The molecule has 0 amide bonds. The van der Waals surface area contributed by atoms with Crippen molar-refractivity contribution < 1.29 is 0 Å². The zero-order valence-electron chi connectivity index (χ0n) is 11.0. The van der Waals surface area contributed by atoms with Crippen molar-refractivity contribution in [3.05, 3.63) is 29.3 Å². The third kappa shape index (κ3) is 3.45. The summed E-state index contributed by atoms with van der Waals surface area (Å²) >= 11 is 5.10. The van der Waals surface area contributed by atoms with Gasteiger partial charge in [0.2, 0.25) is 0 Å². The van der Waals surface area contributed by atoms with Gasteiger partial charge in [-0.25, -0.2) is 0 Å². The van der Waals surface area contributed by atoms with Gasteiger partial charge in [0.25, 0.3) is 0 Å². The minimum Gasteiger partial charge on any atom is -0.389 e. The summed E-state index contributed by atoms with van der Waals surface area (Å²) in [5.41, 5.74) is 9.06. The first-order valence-corrected chi connectivity index (χ1v) is 7.22. The Balaban J connectivity index is 2.03. The number of nitrogens with two attached hydrogens (primary N) is 1. The van der Waals surface area contributed by atoms with Crippen LogP contribution in [0.15, 0.2) is 18.2 Å². The molecule has 1 aromatic carbocycles. The van der Waals surface area contributed by atoms with Crippen molar-refractivity contribution in [3.63, 3.8) is 0 Å². The van der Waals surface area contributed by atoms with E-state index in [4.69, 9.17) is 18.0 Å². The van der Waals surface area contributed by atoms with E-state index in [9.17, 15) is 0 Å². The molecule has 0 saturated heterocycles. The monoisotopic (exact) mass is 262 g/mol. The van der Waals surface area contributed by atoms with E-state index < -0.39 is 0 Å². The maximum absolute atomic E-state index is 5.76. The molecule has 1 aromatic rings. The lowest BCUT2D eigenvalue weighted by Gasteiger charge is -2.23. The zero-order chi connectivity index (χ0) is 13.0. The highest BCUT2D eigenvalue weighted by atomic mass is 32.1. The zero-order valence-corrected chi connectivity index (χ0v) is 11.9. The van der Waals surface area contributed by atoms with Crippen LogP contribution in [0.3, 0.4) is 0 Å². The van der Waals surface area contributed by atoms with Crippen molar-refractivity contribution in [2.24, 2.45) is 11.7 Å². The summed E-state index contributed by atoms with van der Waals surface area (Å²) in [4.78, 5) is 0.473. The molecule has 3 N–H and O–H groups in total. The fourth-order valence-electron chi connectivity index (χ4n) is 2.66. The molecule has 2 rings (SSSR count). The molecule has 1 aliphatic rings. The summed E-state index contributed by atoms with van der Waals surface area (Å²) in [6.45, 7) is 3.13. The van der Waals surface area contributed by atoms with Crippen molar-refractivity contribution in [3.8, 4) is 0 Å². The number of hydrogen-bond donors (Lipinski definition) is 2. The van der Waals surface area contributed by atoms with Gasteiger partial charge < -0.3 is 11.1 Å². The summed E-state index contributed by atoms with van der Waals surface area (Å²) < 4.78 is 0. The van der Waals surface area contributed by atoms with Crippen molar-refractivity contribution in [1.82, 2.24) is 0 Å². The van der Waals surface area contributed by atoms with E-state index in [1.165, 1.54) is 37.7 Å². The normalized spacial score (nSPS) is 16.5. The molecular formula is C15H22N2S. The lowest BCUT2D eigenvalue weighted by atomic mass is 9.89. The summed E-state index contributed by atoms with van der Waals surface area (Å²) in [5, 5.41) is 3.54. The molecule has 0 bridgehead atoms. The fourth-order valence-corrected chi connectivity index (χ4v) is 2.84. The molecule has 0 unspecified atom stereocenters. The first kappa shape index (κ1) is 13.3. The summed E-state index contributed by atoms with van der Waals surface area (Å²) in [7, 11) is 0. The SMILES string of the molecule is Cc1ccc(C(N)=S)c(NCC2CCCCC2)c1. The molecule has 0 aromatic heterocycles. The van der Waals surface area contributed by atoms with Crippen LogP contribution in [0.5, 0.6) is 0 Å². The third-order valence-corrected chi connectivity index (χ3v) is 3.97. The predicted octanol–water partition coefficient (Wildman–Crippen LogP) is 3.62. The first-order chi connectivity index (χ1) is 8.66. The molecule has 1 fully saturated rings. The van der Waals surface area contributed by atoms with E-state index in [-0.39, 0.29) is 0 Å². The minimum absolute atomic E-state index is 0.473. The van der Waals surface area contributed by atoms with Crippen LogP contribution in [0.25, 0.3) is 0 Å². The Kier molecular flexibility index (Phi) is 4.59. The summed E-state index contributed by atoms with van der Waals surface area (Å²) in [6, 6.07) is 6.21. The highest BCUT2D eigenvalue weighted by Crippen LogP contribution is 2.25. The molecule has 0 spiro atoms. The number of benzene rings is 1. The first-order valence-electron chi connectivity index (χ1n) is 6.81. The molecule has 18 heavy (non-hydrogen) atoms. The Morgan fingerprint density at radius 1 is 1.33 bits per heavy atom. The molecule has 98 valence electrons. The number of nitrogens with one attached hydrogen (secondary N) is 1. The number of rotatable bonds is 4. The van der Waals surface area contributed by atoms with Gasteiger partial charge in [-0.2, -0.15) is 0 Å². The van der Waals surface area contributed by atoms with Crippen LogP contribution in [0.1, 0.15) is 43.2 Å². The second kappa shape index (κ2) is 6.19. The number of hydrogen-bond acceptors (Lipinski definition) is 2. The van der Waals surface area contributed by atoms with Gasteiger partial charge in [-0.1, -0.05) is 37.5 Å². The molecule has 1 aliphatic carbocycles. The highest BCUT2D eigenvalue weighted by Gasteiger charge is 2.14. The van der Waals surface area contributed by atoms with Crippen LogP contribution in [0.4, 0.5) is 5.69 Å². The molecular weight excluding hydrogens is 240 g/mol. The topological polar surface area (TPSA) is 38.0 Å². The van der Waals surface area contributed by atoms with Crippen LogP contribution in [-0.2, 0) is 0 Å². The second-order valence-electron chi connectivity index (χ2n) is 5.30. The Labute approximate surface area is 115 Å². The molecule has 2 nitrogen and oxygen atoms in total. The van der Waals surface area contributed by atoms with E-state index >= 15 is 0 Å². The van der Waals surface area contributed by atoms with Gasteiger partial charge >= 0.3 is 0 Å². The molecule has 0 radical (unpaired) electrons. The van der Waals surface area contributed by atoms with E-state index in [0.717, 1.165) is 23.7 Å². The fraction of sp³-hybridized carbons (Fsp3) is 0.533. The van der Waals surface area contributed by atoms with Crippen molar-refractivity contribution in [1.29, 1.82) is 0 Å². The van der Waals surface area contributed by atoms with Crippen LogP contribution in [0.2, 0.25) is 0 Å². The summed E-state index contributed by atoms with van der Waals surface area (Å²) in [6.07, 6.45) is 6.85. The van der Waals surface area contributed by atoms with E-state index in [1.807, 2.05) is 6.07 Å². The Hall–Kier alpha value is -1.09. The average Bonchev–Trinajstić information content (AvgIpc) is 2.37. The average molecular weight is 262 g/mol. The Bertz CT molecular complexity index is 423. The smallest absolute Gasteiger partial charge is 0.106 e. The minimum atomic E-state index is 0.473. The maximum Gasteiger partial charge on any atom is 0.106 e. The lowest BCUT2D eigenvalue weighted by Crippen LogP contribution is -2.19. The predicted molar refractivity (Wildman–Crippen MR) is 82.1 cm³/mol. The van der Waals surface area contributed by atoms with Crippen molar-refractivity contribution in [2.75, 3.05) is 11.9 Å². The second-order valence-corrected chi connectivity index (χ2v) is 5.74. The van der Waals surface area contributed by atoms with Gasteiger partial charge in [0, 0.05) is 17.8 Å². The third-order valence-electron chi connectivity index (χ3n) is 3.75.